The molecule has 0 aromatic heterocycles. The van der Waals surface area contributed by atoms with E-state index >= 15 is 0 Å². The minimum atomic E-state index is -0.734. The van der Waals surface area contributed by atoms with Crippen molar-refractivity contribution in [2.45, 2.75) is 12.8 Å². The number of carbonyl (C=O) groups excluding carboxylic acids is 2. The van der Waals surface area contributed by atoms with Crippen LogP contribution in [-0.4, -0.2) is 49.8 Å². The molecule has 7 nitrogen and oxygen atoms in total. The first-order valence-electron chi connectivity index (χ1n) is 7.81. The van der Waals surface area contributed by atoms with Crippen molar-refractivity contribution in [3.8, 4) is 11.5 Å². The fourth-order valence-corrected chi connectivity index (χ4v) is 3.21. The number of esters is 2. The summed E-state index contributed by atoms with van der Waals surface area (Å²) in [5.74, 6) is -1.70. The van der Waals surface area contributed by atoms with Crippen LogP contribution in [0.15, 0.2) is 40.2 Å². The van der Waals surface area contributed by atoms with Crippen molar-refractivity contribution in [1.29, 1.82) is 0 Å². The normalized spacial score (nSPS) is 14.4. The lowest BCUT2D eigenvalue weighted by atomic mass is 9.83. The van der Waals surface area contributed by atoms with E-state index in [-0.39, 0.29) is 22.6 Å². The van der Waals surface area contributed by atoms with E-state index in [1.54, 1.807) is 43.4 Å². The highest BCUT2D eigenvalue weighted by Crippen LogP contribution is 2.43. The van der Waals surface area contributed by atoms with Gasteiger partial charge in [0, 0.05) is 19.4 Å². The van der Waals surface area contributed by atoms with Gasteiger partial charge in [-0.3, -0.25) is 0 Å². The second-order valence-electron chi connectivity index (χ2n) is 5.53. The molecule has 0 saturated carbocycles. The Morgan fingerprint density at radius 2 is 1.69 bits per heavy atom. The van der Waals surface area contributed by atoms with Gasteiger partial charge in [-0.25, -0.2) is 9.59 Å². The summed E-state index contributed by atoms with van der Waals surface area (Å²) in [5.41, 5.74) is 1.09. The summed E-state index contributed by atoms with van der Waals surface area (Å²) in [5, 5.41) is 10.1. The number of aromatic hydroxyl groups is 1. The van der Waals surface area contributed by atoms with Crippen molar-refractivity contribution < 1.29 is 28.9 Å². The lowest BCUT2D eigenvalue weighted by Crippen LogP contribution is -2.27. The van der Waals surface area contributed by atoms with Crippen LogP contribution in [0.3, 0.4) is 0 Å². The van der Waals surface area contributed by atoms with E-state index in [9.17, 15) is 14.7 Å². The number of rotatable bonds is 5. The quantitative estimate of drug-likeness (QED) is 0.725. The monoisotopic (exact) mass is 425 g/mol. The second kappa shape index (κ2) is 8.27. The van der Waals surface area contributed by atoms with Gasteiger partial charge in [0.1, 0.15) is 0 Å². The molecule has 0 aliphatic carbocycles. The van der Waals surface area contributed by atoms with Crippen molar-refractivity contribution in [2.75, 3.05) is 27.9 Å². The van der Waals surface area contributed by atoms with Crippen molar-refractivity contribution in [1.82, 2.24) is 4.90 Å². The van der Waals surface area contributed by atoms with Gasteiger partial charge in [-0.2, -0.15) is 0 Å². The molecule has 1 aliphatic rings. The minimum absolute atomic E-state index is 0.0595. The van der Waals surface area contributed by atoms with E-state index in [1.165, 1.54) is 14.2 Å². The molecule has 0 spiro atoms. The summed E-state index contributed by atoms with van der Waals surface area (Å²) in [6.07, 6.45) is 3.17. The lowest BCUT2D eigenvalue weighted by molar-refractivity contribution is -0.137. The molecule has 1 heterocycles. The molecule has 0 fully saturated rings. The van der Waals surface area contributed by atoms with Crippen molar-refractivity contribution in [3.05, 3.63) is 45.7 Å². The molecule has 2 rings (SSSR count). The molecule has 0 bridgehead atoms. The number of benzene rings is 1. The summed E-state index contributed by atoms with van der Waals surface area (Å²) in [6.45, 7) is 2.13. The molecule has 1 N–H and O–H groups in total. The number of phenolic OH excluding ortho intramolecular Hbond substituents is 1. The predicted molar refractivity (Wildman–Crippen MR) is 97.7 cm³/mol. The molecule has 0 atom stereocenters. The molecule has 26 heavy (non-hydrogen) atoms. The highest BCUT2D eigenvalue weighted by molar-refractivity contribution is 9.10. The fourth-order valence-electron chi connectivity index (χ4n) is 2.75. The molecule has 0 saturated heterocycles. The van der Waals surface area contributed by atoms with Crippen LogP contribution in [-0.2, 0) is 19.1 Å². The molecule has 0 radical (unpaired) electrons. The van der Waals surface area contributed by atoms with Crippen molar-refractivity contribution in [2.24, 2.45) is 0 Å². The Balaban J connectivity index is 2.67. The molecule has 0 amide bonds. The molecular formula is C18H20BrNO6. The van der Waals surface area contributed by atoms with Gasteiger partial charge in [-0.1, -0.05) is 0 Å². The van der Waals surface area contributed by atoms with Gasteiger partial charge in [0.15, 0.2) is 11.5 Å². The number of hydrogen-bond donors (Lipinski definition) is 1. The number of carbonyl (C=O) groups is 2. The third-order valence-electron chi connectivity index (χ3n) is 3.83. The van der Waals surface area contributed by atoms with E-state index in [4.69, 9.17) is 14.2 Å². The Labute approximate surface area is 160 Å². The zero-order valence-electron chi connectivity index (χ0n) is 14.9. The van der Waals surface area contributed by atoms with Gasteiger partial charge in [0.2, 0.25) is 0 Å². The molecule has 1 aromatic carbocycles. The summed E-state index contributed by atoms with van der Waals surface area (Å²) in [6, 6.07) is 3.22. The van der Waals surface area contributed by atoms with Gasteiger partial charge in [-0.15, -0.1) is 0 Å². The zero-order valence-corrected chi connectivity index (χ0v) is 16.5. The summed E-state index contributed by atoms with van der Waals surface area (Å²) >= 11 is 3.28. The highest BCUT2D eigenvalue weighted by atomic mass is 79.9. The Morgan fingerprint density at radius 1 is 1.15 bits per heavy atom. The molecular weight excluding hydrogens is 406 g/mol. The Bertz CT molecular complexity index is 752. The SMILES string of the molecule is CCOc1cc(C2C(C(=O)OC)=CN(C)C=C2C(=O)OC)cc(Br)c1O. The average Bonchev–Trinajstić information content (AvgIpc) is 2.63. The minimum Gasteiger partial charge on any atom is -0.503 e. The number of methoxy groups -OCH3 is 2. The number of ether oxygens (including phenoxy) is 3. The van der Waals surface area contributed by atoms with Crippen molar-refractivity contribution >= 4 is 27.9 Å². The Hall–Kier alpha value is -2.48. The number of halogens is 1. The first-order chi connectivity index (χ1) is 12.3. The predicted octanol–water partition coefficient (Wildman–Crippen LogP) is 2.70. The maximum atomic E-state index is 12.3. The standard InChI is InChI=1S/C18H20BrNO6/c1-5-26-14-7-10(6-13(19)16(14)21)15-11(17(22)24-3)8-20(2)9-12(15)18(23)25-4/h6-9,15,21H,5H2,1-4H3. The Kier molecular flexibility index (Phi) is 6.31. The third-order valence-corrected chi connectivity index (χ3v) is 4.44. The first-order valence-corrected chi connectivity index (χ1v) is 8.60. The second-order valence-corrected chi connectivity index (χ2v) is 6.39. The first kappa shape index (κ1) is 19.8. The van der Waals surface area contributed by atoms with Crippen LogP contribution in [0.2, 0.25) is 0 Å². The topological polar surface area (TPSA) is 85.3 Å². The molecule has 140 valence electrons. The summed E-state index contributed by atoms with van der Waals surface area (Å²) in [4.78, 5) is 26.2. The number of hydrogen-bond acceptors (Lipinski definition) is 7. The third kappa shape index (κ3) is 3.85. The zero-order chi connectivity index (χ0) is 19.4. The van der Waals surface area contributed by atoms with E-state index in [2.05, 4.69) is 15.9 Å². The van der Waals surface area contributed by atoms with Crippen LogP contribution in [0.4, 0.5) is 0 Å². The molecule has 1 aromatic rings. The summed E-state index contributed by atoms with van der Waals surface area (Å²) < 4.78 is 15.6. The van der Waals surface area contributed by atoms with Crippen LogP contribution in [0.1, 0.15) is 18.4 Å². The van der Waals surface area contributed by atoms with E-state index in [0.717, 1.165) is 0 Å². The Morgan fingerprint density at radius 3 is 2.15 bits per heavy atom. The van der Waals surface area contributed by atoms with Gasteiger partial charge < -0.3 is 24.2 Å². The maximum Gasteiger partial charge on any atom is 0.336 e. The molecule has 0 unspecified atom stereocenters. The molecule has 1 aliphatic heterocycles. The van der Waals surface area contributed by atoms with E-state index in [1.807, 2.05) is 0 Å². The van der Waals surface area contributed by atoms with Crippen LogP contribution >= 0.6 is 15.9 Å². The largest absolute Gasteiger partial charge is 0.503 e. The maximum absolute atomic E-state index is 12.3. The summed E-state index contributed by atoms with van der Waals surface area (Å²) in [7, 11) is 4.24. The number of nitrogens with zero attached hydrogens (tertiary/aromatic N) is 1. The fraction of sp³-hybridized carbons (Fsp3) is 0.333. The van der Waals surface area contributed by atoms with Crippen LogP contribution in [0.25, 0.3) is 0 Å². The van der Waals surface area contributed by atoms with E-state index < -0.39 is 17.9 Å². The van der Waals surface area contributed by atoms with Crippen LogP contribution in [0.5, 0.6) is 11.5 Å². The molecule has 8 heteroatoms. The van der Waals surface area contributed by atoms with E-state index in [0.29, 0.717) is 16.6 Å². The van der Waals surface area contributed by atoms with Gasteiger partial charge >= 0.3 is 11.9 Å². The smallest absolute Gasteiger partial charge is 0.336 e. The lowest BCUT2D eigenvalue weighted by Gasteiger charge is -2.28. The number of phenols is 1. The van der Waals surface area contributed by atoms with Crippen LogP contribution in [0, 0.1) is 0 Å². The van der Waals surface area contributed by atoms with Gasteiger partial charge in [-0.05, 0) is 40.5 Å². The van der Waals surface area contributed by atoms with Crippen molar-refractivity contribution in [3.63, 3.8) is 0 Å². The van der Waals surface area contributed by atoms with Gasteiger partial charge in [0.05, 0.1) is 42.4 Å². The highest BCUT2D eigenvalue weighted by Gasteiger charge is 2.35. The van der Waals surface area contributed by atoms with Crippen LogP contribution < -0.4 is 4.74 Å². The average molecular weight is 426 g/mol. The van der Waals surface area contributed by atoms with Gasteiger partial charge in [0.25, 0.3) is 0 Å².